The molecule has 0 saturated heterocycles. The molecule has 0 aliphatic carbocycles. The van der Waals surface area contributed by atoms with E-state index >= 15 is 0 Å². The lowest BCUT2D eigenvalue weighted by Crippen LogP contribution is -2.32. The number of benzene rings is 2. The Morgan fingerprint density at radius 3 is 2.46 bits per heavy atom. The molecule has 26 heavy (non-hydrogen) atoms. The van der Waals surface area contributed by atoms with Gasteiger partial charge in [0.1, 0.15) is 4.90 Å². The minimum atomic E-state index is -3.83. The van der Waals surface area contributed by atoms with Crippen LogP contribution in [-0.4, -0.2) is 32.1 Å². The van der Waals surface area contributed by atoms with Crippen LogP contribution in [0.15, 0.2) is 53.4 Å². The Hall–Kier alpha value is -2.38. The average molecular weight is 376 g/mol. The molecule has 140 valence electrons. The van der Waals surface area contributed by atoms with E-state index in [-0.39, 0.29) is 16.5 Å². The Labute approximate surface area is 154 Å². The van der Waals surface area contributed by atoms with Gasteiger partial charge >= 0.3 is 5.97 Å². The van der Waals surface area contributed by atoms with E-state index in [1.165, 1.54) is 18.2 Å². The molecule has 0 heterocycles. The quantitative estimate of drug-likeness (QED) is 0.625. The molecule has 6 nitrogen and oxygen atoms in total. The first-order valence-corrected chi connectivity index (χ1v) is 9.99. The number of carbonyl (C=O) groups is 1. The van der Waals surface area contributed by atoms with Crippen molar-refractivity contribution < 1.29 is 18.3 Å². The summed E-state index contributed by atoms with van der Waals surface area (Å²) in [6.07, 6.45) is 1.36. The van der Waals surface area contributed by atoms with E-state index in [2.05, 4.69) is 10.0 Å². The fraction of sp³-hybridized carbons (Fsp3) is 0.316. The summed E-state index contributed by atoms with van der Waals surface area (Å²) in [5.41, 5.74) is 1.45. The third-order valence-corrected chi connectivity index (χ3v) is 5.69. The van der Waals surface area contributed by atoms with Crippen LogP contribution in [0.1, 0.15) is 36.2 Å². The van der Waals surface area contributed by atoms with Crippen LogP contribution < -0.4 is 10.0 Å². The SMILES string of the molecule is CC[C@H](C)NS(=O)(=O)c1cc(C(=O)O)ccc1NCCc1ccccc1. The molecule has 0 aliphatic heterocycles. The first-order chi connectivity index (χ1) is 12.3. The van der Waals surface area contributed by atoms with Gasteiger partial charge in [0.05, 0.1) is 11.3 Å². The van der Waals surface area contributed by atoms with E-state index in [0.717, 1.165) is 12.0 Å². The highest BCUT2D eigenvalue weighted by molar-refractivity contribution is 7.89. The van der Waals surface area contributed by atoms with Gasteiger partial charge in [-0.25, -0.2) is 17.9 Å². The summed E-state index contributed by atoms with van der Waals surface area (Å²) in [4.78, 5) is 11.2. The van der Waals surface area contributed by atoms with E-state index in [0.29, 0.717) is 18.7 Å². The number of hydrogen-bond donors (Lipinski definition) is 3. The zero-order valence-corrected chi connectivity index (χ0v) is 15.7. The van der Waals surface area contributed by atoms with Gasteiger partial charge in [-0.2, -0.15) is 0 Å². The Bertz CT molecular complexity index is 851. The maximum absolute atomic E-state index is 12.7. The zero-order chi connectivity index (χ0) is 19.2. The maximum Gasteiger partial charge on any atom is 0.335 e. The molecule has 0 amide bonds. The lowest BCUT2D eigenvalue weighted by atomic mass is 10.1. The number of hydrogen-bond acceptors (Lipinski definition) is 4. The van der Waals surface area contributed by atoms with Gasteiger partial charge in [-0.3, -0.25) is 0 Å². The Morgan fingerprint density at radius 2 is 1.85 bits per heavy atom. The second kappa shape index (κ2) is 8.82. The molecule has 2 aromatic rings. The fourth-order valence-electron chi connectivity index (χ4n) is 2.42. The van der Waals surface area contributed by atoms with Crippen LogP contribution in [0.3, 0.4) is 0 Å². The molecule has 2 rings (SSSR count). The number of carboxylic acids is 1. The molecule has 0 radical (unpaired) electrons. The van der Waals surface area contributed by atoms with Crippen LogP contribution in [0.2, 0.25) is 0 Å². The van der Waals surface area contributed by atoms with Gasteiger partial charge in [0, 0.05) is 12.6 Å². The first-order valence-electron chi connectivity index (χ1n) is 8.51. The molecule has 0 unspecified atom stereocenters. The predicted molar refractivity (Wildman–Crippen MR) is 102 cm³/mol. The lowest BCUT2D eigenvalue weighted by Gasteiger charge is -2.16. The first kappa shape index (κ1) is 19.9. The van der Waals surface area contributed by atoms with Crippen LogP contribution in [0.5, 0.6) is 0 Å². The van der Waals surface area contributed by atoms with Gasteiger partial charge in [-0.15, -0.1) is 0 Å². The van der Waals surface area contributed by atoms with E-state index < -0.39 is 16.0 Å². The second-order valence-corrected chi connectivity index (χ2v) is 7.79. The molecule has 0 spiro atoms. The van der Waals surface area contributed by atoms with E-state index in [1.807, 2.05) is 37.3 Å². The minimum absolute atomic E-state index is 0.0502. The topological polar surface area (TPSA) is 95.5 Å². The number of carboxylic acid groups (broad SMARTS) is 1. The Kier molecular flexibility index (Phi) is 6.76. The highest BCUT2D eigenvalue weighted by Gasteiger charge is 2.22. The van der Waals surface area contributed by atoms with Crippen LogP contribution in [0.25, 0.3) is 0 Å². The highest BCUT2D eigenvalue weighted by atomic mass is 32.2. The van der Waals surface area contributed by atoms with Crippen molar-refractivity contribution in [3.63, 3.8) is 0 Å². The number of nitrogens with one attached hydrogen (secondary N) is 2. The lowest BCUT2D eigenvalue weighted by molar-refractivity contribution is 0.0696. The standard InChI is InChI=1S/C19H24N2O4S/c1-3-14(2)21-26(24,25)18-13-16(19(22)23)9-10-17(18)20-12-11-15-7-5-4-6-8-15/h4-10,13-14,20-21H,3,11-12H2,1-2H3,(H,22,23)/t14-/m0/s1. The maximum atomic E-state index is 12.7. The van der Waals surface area contributed by atoms with Crippen LogP contribution in [0, 0.1) is 0 Å². The Balaban J connectivity index is 2.25. The smallest absolute Gasteiger partial charge is 0.335 e. The van der Waals surface area contributed by atoms with E-state index in [4.69, 9.17) is 0 Å². The van der Waals surface area contributed by atoms with Crippen molar-refractivity contribution in [2.24, 2.45) is 0 Å². The molecule has 3 N–H and O–H groups in total. The van der Waals surface area contributed by atoms with Crippen LogP contribution in [-0.2, 0) is 16.4 Å². The average Bonchev–Trinajstić information content (AvgIpc) is 2.62. The molecule has 0 saturated carbocycles. The number of rotatable bonds is 9. The van der Waals surface area contributed by atoms with Crippen LogP contribution in [0.4, 0.5) is 5.69 Å². The third-order valence-electron chi connectivity index (χ3n) is 4.06. The molecule has 0 bridgehead atoms. The molecule has 7 heteroatoms. The van der Waals surface area contributed by atoms with Gasteiger partial charge in [-0.1, -0.05) is 37.3 Å². The van der Waals surface area contributed by atoms with Crippen molar-refractivity contribution in [3.05, 3.63) is 59.7 Å². The predicted octanol–water partition coefficient (Wildman–Crippen LogP) is 3.12. The summed E-state index contributed by atoms with van der Waals surface area (Å²) >= 11 is 0. The molecular weight excluding hydrogens is 352 g/mol. The van der Waals surface area contributed by atoms with E-state index in [1.54, 1.807) is 6.92 Å². The third kappa shape index (κ3) is 5.31. The minimum Gasteiger partial charge on any atom is -0.478 e. The molecule has 0 fully saturated rings. The van der Waals surface area contributed by atoms with Crippen molar-refractivity contribution in [2.45, 2.75) is 37.6 Å². The van der Waals surface area contributed by atoms with Gasteiger partial charge in [0.15, 0.2) is 0 Å². The fourth-order valence-corrected chi connectivity index (χ4v) is 3.96. The molecule has 0 aliphatic rings. The molecule has 1 atom stereocenters. The number of anilines is 1. The number of aromatic carboxylic acids is 1. The van der Waals surface area contributed by atoms with Gasteiger partial charge < -0.3 is 10.4 Å². The van der Waals surface area contributed by atoms with Gasteiger partial charge in [0.2, 0.25) is 10.0 Å². The van der Waals surface area contributed by atoms with Crippen molar-refractivity contribution in [1.82, 2.24) is 4.72 Å². The Morgan fingerprint density at radius 1 is 1.15 bits per heavy atom. The van der Waals surface area contributed by atoms with Crippen molar-refractivity contribution in [2.75, 3.05) is 11.9 Å². The van der Waals surface area contributed by atoms with Crippen molar-refractivity contribution in [1.29, 1.82) is 0 Å². The summed E-state index contributed by atoms with van der Waals surface area (Å²) in [5, 5.41) is 12.3. The van der Waals surface area contributed by atoms with Gasteiger partial charge in [0.25, 0.3) is 0 Å². The second-order valence-electron chi connectivity index (χ2n) is 6.11. The van der Waals surface area contributed by atoms with Crippen LogP contribution >= 0.6 is 0 Å². The summed E-state index contributed by atoms with van der Waals surface area (Å²) < 4.78 is 27.9. The monoisotopic (exact) mass is 376 g/mol. The summed E-state index contributed by atoms with van der Waals surface area (Å²) in [6.45, 7) is 4.17. The summed E-state index contributed by atoms with van der Waals surface area (Å²) in [5.74, 6) is -1.17. The van der Waals surface area contributed by atoms with Crippen molar-refractivity contribution in [3.8, 4) is 0 Å². The van der Waals surface area contributed by atoms with Crippen molar-refractivity contribution >= 4 is 21.7 Å². The normalized spacial score (nSPS) is 12.5. The molecular formula is C19H24N2O4S. The summed E-state index contributed by atoms with van der Waals surface area (Å²) in [6, 6.07) is 13.7. The molecule has 2 aromatic carbocycles. The van der Waals surface area contributed by atoms with Gasteiger partial charge in [-0.05, 0) is 43.5 Å². The summed E-state index contributed by atoms with van der Waals surface area (Å²) in [7, 11) is -3.83. The largest absolute Gasteiger partial charge is 0.478 e. The number of sulfonamides is 1. The highest BCUT2D eigenvalue weighted by Crippen LogP contribution is 2.23. The molecule has 0 aromatic heterocycles. The zero-order valence-electron chi connectivity index (χ0n) is 14.9. The van der Waals surface area contributed by atoms with E-state index in [9.17, 15) is 18.3 Å².